The van der Waals surface area contributed by atoms with Gasteiger partial charge in [-0.2, -0.15) is 0 Å². The van der Waals surface area contributed by atoms with Crippen LogP contribution in [0.15, 0.2) is 70.6 Å². The number of nitrogens with zero attached hydrogens (tertiary/aromatic N) is 2. The molecule has 0 spiro atoms. The van der Waals surface area contributed by atoms with E-state index in [0.29, 0.717) is 22.5 Å². The molecule has 0 saturated carbocycles. The zero-order valence-corrected chi connectivity index (χ0v) is 14.8. The van der Waals surface area contributed by atoms with Crippen LogP contribution in [0.5, 0.6) is 11.5 Å². The molecular weight excluding hydrogens is 336 g/mol. The molecule has 1 aliphatic rings. The molecule has 0 radical (unpaired) electrons. The molecule has 4 rings (SSSR count). The maximum absolute atomic E-state index is 10.6. The zero-order chi connectivity index (χ0) is 18.6. The first kappa shape index (κ1) is 17.0. The Labute approximate surface area is 158 Å². The van der Waals surface area contributed by atoms with Crippen molar-refractivity contribution in [2.24, 2.45) is 9.98 Å². The lowest BCUT2D eigenvalue weighted by Crippen LogP contribution is -1.95. The molecule has 1 aliphatic heterocycles. The van der Waals surface area contributed by atoms with Crippen molar-refractivity contribution in [1.82, 2.24) is 0 Å². The topological polar surface area (TPSA) is 65.2 Å². The molecular formula is C23H20N2O2. The number of aliphatic imine (C=N–C) groups is 2. The quantitative estimate of drug-likeness (QED) is 0.589. The average molecular weight is 356 g/mol. The molecule has 4 heteroatoms. The molecule has 0 aliphatic carbocycles. The number of para-hydroxylation sites is 4. The van der Waals surface area contributed by atoms with Crippen LogP contribution < -0.4 is 0 Å². The minimum atomic E-state index is 0.259. The predicted octanol–water partition coefficient (Wildman–Crippen LogP) is 5.09. The van der Waals surface area contributed by atoms with E-state index in [9.17, 15) is 10.2 Å². The number of aromatic hydroxyl groups is 2. The number of hydrogen-bond acceptors (Lipinski definition) is 4. The van der Waals surface area contributed by atoms with Gasteiger partial charge in [-0.15, -0.1) is 0 Å². The summed E-state index contributed by atoms with van der Waals surface area (Å²) in [6, 6.07) is 18.9. The third kappa shape index (κ3) is 3.60. The lowest BCUT2D eigenvalue weighted by atomic mass is 9.99. The Morgan fingerprint density at radius 1 is 0.593 bits per heavy atom. The highest BCUT2D eigenvalue weighted by Crippen LogP contribution is 2.30. The van der Waals surface area contributed by atoms with Crippen LogP contribution in [0.2, 0.25) is 0 Å². The van der Waals surface area contributed by atoms with Crippen LogP contribution in [0.1, 0.15) is 28.7 Å². The lowest BCUT2D eigenvalue weighted by Gasteiger charge is -2.09. The van der Waals surface area contributed by atoms with Gasteiger partial charge in [0.25, 0.3) is 0 Å². The summed E-state index contributed by atoms with van der Waals surface area (Å²) in [4.78, 5) is 9.05. The minimum Gasteiger partial charge on any atom is -0.507 e. The van der Waals surface area contributed by atoms with E-state index in [1.807, 2.05) is 60.7 Å². The van der Waals surface area contributed by atoms with Crippen LogP contribution in [0.3, 0.4) is 0 Å². The van der Waals surface area contributed by atoms with Gasteiger partial charge in [0.2, 0.25) is 0 Å². The maximum Gasteiger partial charge on any atom is 0.127 e. The van der Waals surface area contributed by atoms with Crippen molar-refractivity contribution in [3.8, 4) is 11.5 Å². The predicted molar refractivity (Wildman–Crippen MR) is 109 cm³/mol. The van der Waals surface area contributed by atoms with Crippen LogP contribution in [0, 0.1) is 0 Å². The largest absolute Gasteiger partial charge is 0.507 e. The van der Waals surface area contributed by atoms with Gasteiger partial charge >= 0.3 is 0 Å². The van der Waals surface area contributed by atoms with E-state index in [-0.39, 0.29) is 11.5 Å². The van der Waals surface area contributed by atoms with E-state index in [1.54, 1.807) is 12.4 Å². The molecule has 1 heterocycles. The molecule has 0 aromatic heterocycles. The van der Waals surface area contributed by atoms with Gasteiger partial charge in [0.1, 0.15) is 11.5 Å². The molecule has 0 atom stereocenters. The molecule has 2 N–H and O–H groups in total. The summed E-state index contributed by atoms with van der Waals surface area (Å²) in [7, 11) is 0. The Bertz CT molecular complexity index is 956. The van der Waals surface area contributed by atoms with Gasteiger partial charge in [0, 0.05) is 23.6 Å². The normalized spacial score (nSPS) is 13.5. The first-order chi connectivity index (χ1) is 13.2. The first-order valence-corrected chi connectivity index (χ1v) is 9.01. The van der Waals surface area contributed by atoms with Crippen molar-refractivity contribution >= 4 is 23.8 Å². The van der Waals surface area contributed by atoms with Crippen molar-refractivity contribution in [3.63, 3.8) is 0 Å². The summed E-state index contributed by atoms with van der Waals surface area (Å²) in [6.45, 7) is 0. The molecule has 0 saturated heterocycles. The van der Waals surface area contributed by atoms with Crippen molar-refractivity contribution in [2.75, 3.05) is 0 Å². The summed E-state index contributed by atoms with van der Waals surface area (Å²) in [5.41, 5.74) is 4.53. The van der Waals surface area contributed by atoms with Gasteiger partial charge < -0.3 is 10.2 Å². The smallest absolute Gasteiger partial charge is 0.127 e. The summed E-state index contributed by atoms with van der Waals surface area (Å²) in [6.07, 6.45) is 5.61. The van der Waals surface area contributed by atoms with Crippen molar-refractivity contribution in [3.05, 3.63) is 82.9 Å². The molecule has 0 fully saturated rings. The SMILES string of the molecule is Oc1c2cccc1CCCc1cccc(c1O)C=Nc1ccccc1N=C2. The van der Waals surface area contributed by atoms with Crippen molar-refractivity contribution in [2.45, 2.75) is 19.3 Å². The number of phenols is 2. The average Bonchev–Trinajstić information content (AvgIpc) is 2.69. The van der Waals surface area contributed by atoms with Crippen LogP contribution in [0.4, 0.5) is 11.4 Å². The van der Waals surface area contributed by atoms with E-state index in [1.165, 1.54) is 0 Å². The van der Waals surface area contributed by atoms with E-state index >= 15 is 0 Å². The summed E-state index contributed by atoms with van der Waals surface area (Å²) >= 11 is 0. The molecule has 0 unspecified atom stereocenters. The fourth-order valence-electron chi connectivity index (χ4n) is 3.26. The molecule has 27 heavy (non-hydrogen) atoms. The molecule has 4 nitrogen and oxygen atoms in total. The monoisotopic (exact) mass is 356 g/mol. The number of fused-ring (bicyclic) bond motifs is 5. The van der Waals surface area contributed by atoms with Crippen LogP contribution in [-0.2, 0) is 12.8 Å². The third-order valence-corrected chi connectivity index (χ3v) is 4.76. The van der Waals surface area contributed by atoms with Gasteiger partial charge in [0.15, 0.2) is 0 Å². The number of rotatable bonds is 0. The third-order valence-electron chi connectivity index (χ3n) is 4.76. The zero-order valence-electron chi connectivity index (χ0n) is 14.8. The van der Waals surface area contributed by atoms with Gasteiger partial charge in [0.05, 0.1) is 11.4 Å². The van der Waals surface area contributed by atoms with E-state index in [2.05, 4.69) is 9.98 Å². The Morgan fingerprint density at radius 3 is 1.56 bits per heavy atom. The molecule has 3 aromatic carbocycles. The maximum atomic E-state index is 10.6. The van der Waals surface area contributed by atoms with E-state index in [4.69, 9.17) is 0 Å². The van der Waals surface area contributed by atoms with Gasteiger partial charge in [-0.05, 0) is 54.7 Å². The Balaban J connectivity index is 1.85. The highest BCUT2D eigenvalue weighted by atomic mass is 16.3. The van der Waals surface area contributed by atoms with E-state index < -0.39 is 0 Å². The fourth-order valence-corrected chi connectivity index (χ4v) is 3.26. The van der Waals surface area contributed by atoms with Gasteiger partial charge in [-0.1, -0.05) is 36.4 Å². The van der Waals surface area contributed by atoms with Crippen LogP contribution >= 0.6 is 0 Å². The second-order valence-electron chi connectivity index (χ2n) is 6.57. The van der Waals surface area contributed by atoms with Gasteiger partial charge in [-0.25, -0.2) is 0 Å². The molecule has 0 amide bonds. The number of benzene rings is 3. The Hall–Kier alpha value is -3.40. The standard InChI is InChI=1S/C23H20N2O2/c26-22-16-6-3-7-17-9-5-11-19(23(17)27)15-25-21-13-2-1-12-20(21)24-14-18(22)10-4-8-16/h1-2,4-5,8-15,26-27H,3,6-7H2. The molecule has 134 valence electrons. The van der Waals surface area contributed by atoms with Crippen molar-refractivity contribution < 1.29 is 10.2 Å². The Kier molecular flexibility index (Phi) is 4.71. The van der Waals surface area contributed by atoms with E-state index in [0.717, 1.165) is 30.4 Å². The Morgan fingerprint density at radius 2 is 1.07 bits per heavy atom. The number of phenolic OH excluding ortho intramolecular Hbond substituents is 2. The molecule has 3 aromatic rings. The lowest BCUT2D eigenvalue weighted by molar-refractivity contribution is 0.463. The van der Waals surface area contributed by atoms with Crippen molar-refractivity contribution in [1.29, 1.82) is 0 Å². The van der Waals surface area contributed by atoms with Gasteiger partial charge in [-0.3, -0.25) is 9.98 Å². The second kappa shape index (κ2) is 7.46. The first-order valence-electron chi connectivity index (χ1n) is 9.01. The second-order valence-corrected chi connectivity index (χ2v) is 6.57. The number of aryl methyl sites for hydroxylation is 2. The summed E-state index contributed by atoms with van der Waals surface area (Å²) < 4.78 is 0. The van der Waals surface area contributed by atoms with Crippen LogP contribution in [0.25, 0.3) is 0 Å². The summed E-state index contributed by atoms with van der Waals surface area (Å²) in [5, 5.41) is 21.2. The highest BCUT2D eigenvalue weighted by molar-refractivity contribution is 5.90. The summed E-state index contributed by atoms with van der Waals surface area (Å²) in [5.74, 6) is 0.519. The van der Waals surface area contributed by atoms with Crippen LogP contribution in [-0.4, -0.2) is 22.6 Å². The highest BCUT2D eigenvalue weighted by Gasteiger charge is 2.10. The fraction of sp³-hybridized carbons (Fsp3) is 0.130. The molecule has 4 bridgehead atoms. The number of hydrogen-bond donors (Lipinski definition) is 2. The minimum absolute atomic E-state index is 0.259.